The Bertz CT molecular complexity index is 525. The predicted molar refractivity (Wildman–Crippen MR) is 63.3 cm³/mol. The lowest BCUT2D eigenvalue weighted by atomic mass is 9.91. The van der Waals surface area contributed by atoms with Crippen LogP contribution in [0.4, 0.5) is 0 Å². The average molecular weight is 249 g/mol. The Hall–Kier alpha value is -2.04. The maximum Gasteiger partial charge on any atom is 0.316 e. The van der Waals surface area contributed by atoms with Crippen LogP contribution >= 0.6 is 0 Å². The van der Waals surface area contributed by atoms with Gasteiger partial charge in [0.05, 0.1) is 12.5 Å². The number of hydrogen-bond acceptors (Lipinski definition) is 4. The first-order valence-corrected chi connectivity index (χ1v) is 5.71. The first-order chi connectivity index (χ1) is 8.50. The van der Waals surface area contributed by atoms with Gasteiger partial charge < -0.3 is 13.9 Å². The van der Waals surface area contributed by atoms with Crippen molar-refractivity contribution in [3.63, 3.8) is 0 Å². The molecule has 2 aromatic rings. The van der Waals surface area contributed by atoms with E-state index in [4.69, 9.17) is 13.9 Å². The Kier molecular flexibility index (Phi) is 3.23. The van der Waals surface area contributed by atoms with E-state index < -0.39 is 11.4 Å². The molecular formula is C13H15NO4. The quantitative estimate of drug-likeness (QED) is 0.880. The van der Waals surface area contributed by atoms with Crippen molar-refractivity contribution in [2.45, 2.75) is 32.1 Å². The zero-order valence-corrected chi connectivity index (χ0v) is 10.3. The lowest BCUT2D eigenvalue weighted by Gasteiger charge is -2.14. The van der Waals surface area contributed by atoms with Crippen molar-refractivity contribution in [3.05, 3.63) is 42.0 Å². The molecule has 18 heavy (non-hydrogen) atoms. The predicted octanol–water partition coefficient (Wildman–Crippen LogP) is 2.42. The number of aliphatic carboxylic acids is 1. The maximum atomic E-state index is 11.1. The molecule has 0 atom stereocenters. The van der Waals surface area contributed by atoms with Crippen molar-refractivity contribution < 1.29 is 18.7 Å². The van der Waals surface area contributed by atoms with E-state index in [2.05, 4.69) is 4.98 Å². The van der Waals surface area contributed by atoms with Crippen LogP contribution in [0.3, 0.4) is 0 Å². The number of carboxylic acids is 1. The molecule has 0 amide bonds. The van der Waals surface area contributed by atoms with Crippen molar-refractivity contribution in [1.29, 1.82) is 0 Å². The van der Waals surface area contributed by atoms with E-state index in [9.17, 15) is 4.79 Å². The van der Waals surface area contributed by atoms with Crippen LogP contribution in [0.5, 0.6) is 0 Å². The first-order valence-electron chi connectivity index (χ1n) is 5.71. The third-order valence-electron chi connectivity index (χ3n) is 2.87. The van der Waals surface area contributed by atoms with Crippen molar-refractivity contribution >= 4 is 5.97 Å². The second-order valence-electron chi connectivity index (χ2n) is 4.63. The topological polar surface area (TPSA) is 76.5 Å². The molecule has 0 spiro atoms. The molecule has 0 bridgehead atoms. The summed E-state index contributed by atoms with van der Waals surface area (Å²) in [5.74, 6) is 0.809. The fourth-order valence-electron chi connectivity index (χ4n) is 1.51. The number of nitrogens with zero attached hydrogens (tertiary/aromatic N) is 1. The molecule has 0 aliphatic heterocycles. The van der Waals surface area contributed by atoms with E-state index in [1.54, 1.807) is 20.1 Å². The van der Waals surface area contributed by atoms with Crippen LogP contribution in [0.15, 0.2) is 33.4 Å². The van der Waals surface area contributed by atoms with Gasteiger partial charge in [0.1, 0.15) is 16.9 Å². The van der Waals surface area contributed by atoms with Gasteiger partial charge in [-0.25, -0.2) is 4.98 Å². The van der Waals surface area contributed by atoms with Crippen molar-refractivity contribution in [1.82, 2.24) is 4.98 Å². The van der Waals surface area contributed by atoms with E-state index in [-0.39, 0.29) is 0 Å². The summed E-state index contributed by atoms with van der Waals surface area (Å²) in [5.41, 5.74) is -1.06. The standard InChI is InChI=1S/C13H15NO4/c1-13(2,12(15)16)10-8-14-11(18-10)6-5-9-4-3-7-17-9/h3-4,7-8H,5-6H2,1-2H3,(H,15,16). The van der Waals surface area contributed by atoms with Gasteiger partial charge in [-0.05, 0) is 26.0 Å². The second-order valence-corrected chi connectivity index (χ2v) is 4.63. The first kappa shape index (κ1) is 12.4. The molecule has 2 rings (SSSR count). The Morgan fingerprint density at radius 2 is 2.22 bits per heavy atom. The molecule has 0 saturated carbocycles. The summed E-state index contributed by atoms with van der Waals surface area (Å²) in [6, 6.07) is 3.70. The van der Waals surface area contributed by atoms with Crippen LogP contribution in [0.1, 0.15) is 31.3 Å². The summed E-state index contributed by atoms with van der Waals surface area (Å²) in [6.45, 7) is 3.18. The van der Waals surface area contributed by atoms with Crippen molar-refractivity contribution in [3.8, 4) is 0 Å². The van der Waals surface area contributed by atoms with Gasteiger partial charge in [0.15, 0.2) is 5.89 Å². The number of furan rings is 1. The maximum absolute atomic E-state index is 11.1. The highest BCUT2D eigenvalue weighted by Crippen LogP contribution is 2.24. The molecule has 0 aromatic carbocycles. The molecule has 5 heteroatoms. The van der Waals surface area contributed by atoms with E-state index in [1.165, 1.54) is 6.20 Å². The Balaban J connectivity index is 2.04. The number of carboxylic acid groups (broad SMARTS) is 1. The Morgan fingerprint density at radius 3 is 2.83 bits per heavy atom. The lowest BCUT2D eigenvalue weighted by Crippen LogP contribution is -2.27. The Labute approximate surface area is 104 Å². The van der Waals surface area contributed by atoms with Gasteiger partial charge in [0.25, 0.3) is 0 Å². The van der Waals surface area contributed by atoms with Gasteiger partial charge in [0, 0.05) is 12.8 Å². The molecule has 0 unspecified atom stereocenters. The van der Waals surface area contributed by atoms with Crippen LogP contribution < -0.4 is 0 Å². The number of rotatable bonds is 5. The molecule has 0 aliphatic carbocycles. The van der Waals surface area contributed by atoms with Crippen LogP contribution in [0.2, 0.25) is 0 Å². The van der Waals surface area contributed by atoms with E-state index in [0.29, 0.717) is 24.5 Å². The molecule has 5 nitrogen and oxygen atoms in total. The van der Waals surface area contributed by atoms with Crippen LogP contribution in [-0.2, 0) is 23.1 Å². The molecule has 0 saturated heterocycles. The number of aryl methyl sites for hydroxylation is 2. The summed E-state index contributed by atoms with van der Waals surface area (Å²) in [7, 11) is 0. The Morgan fingerprint density at radius 1 is 1.44 bits per heavy atom. The zero-order chi connectivity index (χ0) is 13.2. The van der Waals surface area contributed by atoms with Gasteiger partial charge >= 0.3 is 5.97 Å². The van der Waals surface area contributed by atoms with Gasteiger partial charge in [0.2, 0.25) is 0 Å². The monoisotopic (exact) mass is 249 g/mol. The van der Waals surface area contributed by atoms with E-state index in [0.717, 1.165) is 5.76 Å². The number of carbonyl (C=O) groups is 1. The smallest absolute Gasteiger partial charge is 0.316 e. The highest BCUT2D eigenvalue weighted by atomic mass is 16.4. The molecule has 0 radical (unpaired) electrons. The molecule has 2 heterocycles. The minimum atomic E-state index is -1.06. The largest absolute Gasteiger partial charge is 0.481 e. The lowest BCUT2D eigenvalue weighted by molar-refractivity contribution is -0.143. The number of aromatic nitrogens is 1. The zero-order valence-electron chi connectivity index (χ0n) is 10.3. The van der Waals surface area contributed by atoms with E-state index >= 15 is 0 Å². The van der Waals surface area contributed by atoms with Crippen LogP contribution in [0.25, 0.3) is 0 Å². The summed E-state index contributed by atoms with van der Waals surface area (Å²) in [6.07, 6.45) is 4.36. The van der Waals surface area contributed by atoms with Crippen molar-refractivity contribution in [2.75, 3.05) is 0 Å². The second kappa shape index (κ2) is 4.68. The van der Waals surface area contributed by atoms with Gasteiger partial charge in [-0.15, -0.1) is 0 Å². The molecule has 0 fully saturated rings. The fraction of sp³-hybridized carbons (Fsp3) is 0.385. The van der Waals surface area contributed by atoms with Gasteiger partial charge in [-0.3, -0.25) is 4.79 Å². The molecular weight excluding hydrogens is 234 g/mol. The minimum absolute atomic E-state index is 0.365. The van der Waals surface area contributed by atoms with E-state index in [1.807, 2.05) is 12.1 Å². The molecule has 96 valence electrons. The fourth-order valence-corrected chi connectivity index (χ4v) is 1.51. The average Bonchev–Trinajstić information content (AvgIpc) is 2.97. The highest BCUT2D eigenvalue weighted by Gasteiger charge is 2.33. The minimum Gasteiger partial charge on any atom is -0.481 e. The SMILES string of the molecule is CC(C)(C(=O)O)c1cnc(CCc2ccco2)o1. The van der Waals surface area contributed by atoms with Crippen LogP contribution in [0, 0.1) is 0 Å². The highest BCUT2D eigenvalue weighted by molar-refractivity contribution is 5.79. The third kappa shape index (κ3) is 2.45. The molecule has 1 N–H and O–H groups in total. The third-order valence-corrected chi connectivity index (χ3v) is 2.87. The normalized spacial score (nSPS) is 11.7. The number of hydrogen-bond donors (Lipinski definition) is 1. The van der Waals surface area contributed by atoms with Gasteiger partial charge in [-0.2, -0.15) is 0 Å². The molecule has 2 aromatic heterocycles. The van der Waals surface area contributed by atoms with Crippen molar-refractivity contribution in [2.24, 2.45) is 0 Å². The summed E-state index contributed by atoms with van der Waals surface area (Å²) < 4.78 is 10.7. The summed E-state index contributed by atoms with van der Waals surface area (Å²) >= 11 is 0. The summed E-state index contributed by atoms with van der Waals surface area (Å²) in [4.78, 5) is 15.2. The number of oxazole rings is 1. The molecule has 0 aliphatic rings. The summed E-state index contributed by atoms with van der Waals surface area (Å²) in [5, 5.41) is 9.08. The van der Waals surface area contributed by atoms with Gasteiger partial charge in [-0.1, -0.05) is 0 Å². The van der Waals surface area contributed by atoms with Crippen LogP contribution in [-0.4, -0.2) is 16.1 Å².